The Bertz CT molecular complexity index is 454. The number of hydrogen-bond acceptors (Lipinski definition) is 2. The summed E-state index contributed by atoms with van der Waals surface area (Å²) in [7, 11) is -3.32. The first-order valence-corrected chi connectivity index (χ1v) is 7.53. The number of nitrogens with zero attached hydrogens (tertiary/aromatic N) is 1. The van der Waals surface area contributed by atoms with Gasteiger partial charge in [0.25, 0.3) is 0 Å². The molecule has 0 aliphatic rings. The van der Waals surface area contributed by atoms with E-state index in [1.54, 1.807) is 16.4 Å². The van der Waals surface area contributed by atoms with Gasteiger partial charge in [0, 0.05) is 13.1 Å². The first-order chi connectivity index (χ1) is 8.04. The zero-order chi connectivity index (χ0) is 12.9. The molecule has 0 spiro atoms. The lowest BCUT2D eigenvalue weighted by Crippen LogP contribution is -2.32. The first kappa shape index (κ1) is 14.2. The number of hydrogen-bond donors (Lipinski definition) is 0. The number of unbranched alkanes of at least 4 members (excludes halogenated alkanes) is 1. The highest BCUT2D eigenvalue weighted by atomic mass is 32.2. The maximum atomic E-state index is 12.4. The van der Waals surface area contributed by atoms with Crippen molar-refractivity contribution in [3.8, 4) is 0 Å². The molecule has 1 aromatic rings. The van der Waals surface area contributed by atoms with E-state index in [-0.39, 0.29) is 0 Å². The Morgan fingerprint density at radius 3 is 2.35 bits per heavy atom. The van der Waals surface area contributed by atoms with Crippen LogP contribution < -0.4 is 0 Å². The van der Waals surface area contributed by atoms with Crippen LogP contribution >= 0.6 is 0 Å². The SMILES string of the molecule is CCCCN(CC)S(=O)(=O)c1ccccc1C. The van der Waals surface area contributed by atoms with Crippen molar-refractivity contribution in [2.75, 3.05) is 13.1 Å². The summed E-state index contributed by atoms with van der Waals surface area (Å²) in [5.41, 5.74) is 0.808. The molecule has 0 N–H and O–H groups in total. The lowest BCUT2D eigenvalue weighted by atomic mass is 10.2. The minimum absolute atomic E-state index is 0.429. The average Bonchev–Trinajstić information content (AvgIpc) is 2.30. The van der Waals surface area contributed by atoms with Gasteiger partial charge < -0.3 is 0 Å². The summed E-state index contributed by atoms with van der Waals surface area (Å²) < 4.78 is 26.4. The molecule has 3 nitrogen and oxygen atoms in total. The van der Waals surface area contributed by atoms with E-state index in [1.165, 1.54) is 0 Å². The molecule has 1 rings (SSSR count). The first-order valence-electron chi connectivity index (χ1n) is 6.09. The molecular formula is C13H21NO2S. The smallest absolute Gasteiger partial charge is 0.207 e. The third kappa shape index (κ3) is 3.30. The maximum absolute atomic E-state index is 12.4. The molecule has 0 fully saturated rings. The normalized spacial score (nSPS) is 12.0. The molecule has 1 aromatic carbocycles. The minimum atomic E-state index is -3.32. The standard InChI is InChI=1S/C13H21NO2S/c1-4-6-11-14(5-2)17(15,16)13-10-8-7-9-12(13)3/h7-10H,4-6,11H2,1-3H3. The second-order valence-electron chi connectivity index (χ2n) is 4.12. The average molecular weight is 255 g/mol. The van der Waals surface area contributed by atoms with Crippen LogP contribution in [-0.4, -0.2) is 25.8 Å². The van der Waals surface area contributed by atoms with E-state index < -0.39 is 10.0 Å². The number of rotatable bonds is 6. The van der Waals surface area contributed by atoms with Crippen LogP contribution in [0, 0.1) is 6.92 Å². The highest BCUT2D eigenvalue weighted by molar-refractivity contribution is 7.89. The molecule has 0 amide bonds. The van der Waals surface area contributed by atoms with Crippen molar-refractivity contribution >= 4 is 10.0 Å². The molecule has 4 heteroatoms. The summed E-state index contributed by atoms with van der Waals surface area (Å²) in [6.07, 6.45) is 1.90. The van der Waals surface area contributed by atoms with Gasteiger partial charge in [-0.1, -0.05) is 38.5 Å². The van der Waals surface area contributed by atoms with Crippen LogP contribution in [-0.2, 0) is 10.0 Å². The van der Waals surface area contributed by atoms with Gasteiger partial charge in [-0.25, -0.2) is 8.42 Å². The highest BCUT2D eigenvalue weighted by Gasteiger charge is 2.23. The summed E-state index contributed by atoms with van der Waals surface area (Å²) in [6.45, 7) is 6.90. The van der Waals surface area contributed by atoms with Crippen LogP contribution in [0.15, 0.2) is 29.2 Å². The molecule has 0 saturated carbocycles. The third-order valence-corrected chi connectivity index (χ3v) is 4.96. The van der Waals surface area contributed by atoms with Gasteiger partial charge in [-0.3, -0.25) is 0 Å². The molecule has 96 valence electrons. The van der Waals surface area contributed by atoms with Crippen molar-refractivity contribution in [2.24, 2.45) is 0 Å². The van der Waals surface area contributed by atoms with Gasteiger partial charge in [0.1, 0.15) is 0 Å². The second kappa shape index (κ2) is 6.17. The van der Waals surface area contributed by atoms with E-state index >= 15 is 0 Å². The van der Waals surface area contributed by atoms with Crippen molar-refractivity contribution < 1.29 is 8.42 Å². The summed E-state index contributed by atoms with van der Waals surface area (Å²) in [5, 5.41) is 0. The van der Waals surface area contributed by atoms with Gasteiger partial charge in [0.05, 0.1) is 4.90 Å². The lowest BCUT2D eigenvalue weighted by Gasteiger charge is -2.21. The Hall–Kier alpha value is -0.870. The molecule has 0 radical (unpaired) electrons. The van der Waals surface area contributed by atoms with Gasteiger partial charge >= 0.3 is 0 Å². The van der Waals surface area contributed by atoms with Crippen LogP contribution in [0.2, 0.25) is 0 Å². The molecule has 0 saturated heterocycles. The molecule has 0 unspecified atom stereocenters. The van der Waals surface area contributed by atoms with Gasteiger partial charge in [-0.15, -0.1) is 0 Å². The maximum Gasteiger partial charge on any atom is 0.243 e. The predicted octanol–water partition coefficient (Wildman–Crippen LogP) is 2.81. The quantitative estimate of drug-likeness (QED) is 0.784. The van der Waals surface area contributed by atoms with Crippen molar-refractivity contribution in [2.45, 2.75) is 38.5 Å². The molecule has 0 heterocycles. The van der Waals surface area contributed by atoms with Gasteiger partial charge in [-0.05, 0) is 25.0 Å². The second-order valence-corrected chi connectivity index (χ2v) is 6.02. The van der Waals surface area contributed by atoms with Crippen molar-refractivity contribution in [1.82, 2.24) is 4.31 Å². The van der Waals surface area contributed by atoms with Crippen LogP contribution in [0.5, 0.6) is 0 Å². The largest absolute Gasteiger partial charge is 0.243 e. The van der Waals surface area contributed by atoms with Crippen LogP contribution in [0.4, 0.5) is 0 Å². The Morgan fingerprint density at radius 2 is 1.82 bits per heavy atom. The Kier molecular flexibility index (Phi) is 5.15. The third-order valence-electron chi connectivity index (χ3n) is 2.83. The zero-order valence-electron chi connectivity index (χ0n) is 10.8. The number of aryl methyl sites for hydroxylation is 1. The zero-order valence-corrected chi connectivity index (χ0v) is 11.6. The molecule has 0 bridgehead atoms. The lowest BCUT2D eigenvalue weighted by molar-refractivity contribution is 0.418. The van der Waals surface area contributed by atoms with Crippen molar-refractivity contribution in [3.63, 3.8) is 0 Å². The van der Waals surface area contributed by atoms with Crippen LogP contribution in [0.3, 0.4) is 0 Å². The minimum Gasteiger partial charge on any atom is -0.207 e. The summed E-state index contributed by atoms with van der Waals surface area (Å²) >= 11 is 0. The summed E-state index contributed by atoms with van der Waals surface area (Å²) in [6, 6.07) is 7.14. The van der Waals surface area contributed by atoms with Crippen LogP contribution in [0.1, 0.15) is 32.3 Å². The molecule has 0 aromatic heterocycles. The molecular weight excluding hydrogens is 234 g/mol. The monoisotopic (exact) mass is 255 g/mol. The highest BCUT2D eigenvalue weighted by Crippen LogP contribution is 2.19. The van der Waals surface area contributed by atoms with Gasteiger partial charge in [0.2, 0.25) is 10.0 Å². The topological polar surface area (TPSA) is 37.4 Å². The van der Waals surface area contributed by atoms with E-state index in [2.05, 4.69) is 6.92 Å². The van der Waals surface area contributed by atoms with E-state index in [0.717, 1.165) is 18.4 Å². The molecule has 0 atom stereocenters. The van der Waals surface area contributed by atoms with E-state index in [1.807, 2.05) is 26.0 Å². The fourth-order valence-electron chi connectivity index (χ4n) is 1.77. The number of sulfonamides is 1. The van der Waals surface area contributed by atoms with Crippen molar-refractivity contribution in [1.29, 1.82) is 0 Å². The summed E-state index contributed by atoms with van der Waals surface area (Å²) in [4.78, 5) is 0.429. The van der Waals surface area contributed by atoms with Gasteiger partial charge in [0.15, 0.2) is 0 Å². The summed E-state index contributed by atoms with van der Waals surface area (Å²) in [5.74, 6) is 0. The Balaban J connectivity index is 3.05. The Morgan fingerprint density at radius 1 is 1.18 bits per heavy atom. The molecule has 0 aliphatic heterocycles. The predicted molar refractivity (Wildman–Crippen MR) is 70.5 cm³/mol. The fraction of sp³-hybridized carbons (Fsp3) is 0.538. The van der Waals surface area contributed by atoms with E-state index in [0.29, 0.717) is 18.0 Å². The molecule has 17 heavy (non-hydrogen) atoms. The fourth-order valence-corrected chi connectivity index (χ4v) is 3.48. The van der Waals surface area contributed by atoms with Crippen molar-refractivity contribution in [3.05, 3.63) is 29.8 Å². The van der Waals surface area contributed by atoms with E-state index in [9.17, 15) is 8.42 Å². The Labute approximate surface area is 105 Å². The van der Waals surface area contributed by atoms with E-state index in [4.69, 9.17) is 0 Å². The van der Waals surface area contributed by atoms with Gasteiger partial charge in [-0.2, -0.15) is 4.31 Å². The molecule has 0 aliphatic carbocycles. The van der Waals surface area contributed by atoms with Crippen LogP contribution in [0.25, 0.3) is 0 Å². The number of benzene rings is 1.